The van der Waals surface area contributed by atoms with Crippen LogP contribution in [0.15, 0.2) is 59.5 Å². The molecule has 0 bridgehead atoms. The summed E-state index contributed by atoms with van der Waals surface area (Å²) in [6, 6.07) is 14.3. The molecule has 3 rings (SSSR count). The van der Waals surface area contributed by atoms with E-state index in [0.29, 0.717) is 6.54 Å². The highest BCUT2D eigenvalue weighted by atomic mass is 32.2. The number of carbonyl (C=O) groups is 1. The maximum Gasteiger partial charge on any atom is 0.243 e. The van der Waals surface area contributed by atoms with Crippen molar-refractivity contribution in [1.82, 2.24) is 9.21 Å². The molecule has 1 aliphatic rings. The van der Waals surface area contributed by atoms with Gasteiger partial charge in [0.05, 0.1) is 17.5 Å². The van der Waals surface area contributed by atoms with Crippen molar-refractivity contribution in [2.75, 3.05) is 44.2 Å². The highest BCUT2D eigenvalue weighted by Gasteiger charge is 2.30. The van der Waals surface area contributed by atoms with E-state index in [-0.39, 0.29) is 43.5 Å². The first-order valence-electron chi connectivity index (χ1n) is 9.79. The molecule has 2 aromatic carbocycles. The summed E-state index contributed by atoms with van der Waals surface area (Å²) >= 11 is 0. The molecule has 1 saturated heterocycles. The Morgan fingerprint density at radius 3 is 2.37 bits per heavy atom. The number of aliphatic hydroxyl groups excluding tert-OH is 1. The number of sulfonamides is 1. The zero-order chi connectivity index (χ0) is 21.7. The zero-order valence-electron chi connectivity index (χ0n) is 16.8. The average Bonchev–Trinajstić information content (AvgIpc) is 2.73. The second-order valence-electron chi connectivity index (χ2n) is 7.31. The molecule has 0 aliphatic carbocycles. The second kappa shape index (κ2) is 9.55. The Morgan fingerprint density at radius 2 is 1.77 bits per heavy atom. The molecule has 1 unspecified atom stereocenters. The lowest BCUT2D eigenvalue weighted by Gasteiger charge is -2.35. The molecular formula is C21H26FN3O4S. The van der Waals surface area contributed by atoms with E-state index in [9.17, 15) is 22.7 Å². The molecule has 1 heterocycles. The standard InChI is InChI=1S/C21H26FN3O4S/c1-17(26)15-24(19-7-3-2-4-8-19)16-21(27)23-10-12-25(13-11-23)30(28,29)20-9-5-6-18(22)14-20/h2-9,14,17,26H,10-13,15-16H2,1H3. The zero-order valence-corrected chi connectivity index (χ0v) is 17.6. The smallest absolute Gasteiger partial charge is 0.243 e. The van der Waals surface area contributed by atoms with Crippen LogP contribution in [0, 0.1) is 5.82 Å². The van der Waals surface area contributed by atoms with E-state index in [4.69, 9.17) is 0 Å². The van der Waals surface area contributed by atoms with Crippen molar-refractivity contribution in [2.24, 2.45) is 0 Å². The molecule has 0 saturated carbocycles. The summed E-state index contributed by atoms with van der Waals surface area (Å²) in [5, 5.41) is 9.79. The number of amides is 1. The second-order valence-corrected chi connectivity index (χ2v) is 9.25. The number of aliphatic hydroxyl groups is 1. The number of halogens is 1. The summed E-state index contributed by atoms with van der Waals surface area (Å²) < 4.78 is 40.1. The lowest BCUT2D eigenvalue weighted by molar-refractivity contribution is -0.130. The highest BCUT2D eigenvalue weighted by molar-refractivity contribution is 7.89. The summed E-state index contributed by atoms with van der Waals surface area (Å²) in [5.41, 5.74) is 0.832. The van der Waals surface area contributed by atoms with Gasteiger partial charge in [-0.25, -0.2) is 12.8 Å². The van der Waals surface area contributed by atoms with E-state index in [1.165, 1.54) is 22.5 Å². The van der Waals surface area contributed by atoms with Crippen LogP contribution in [0.4, 0.5) is 10.1 Å². The van der Waals surface area contributed by atoms with E-state index in [1.54, 1.807) is 11.8 Å². The molecule has 162 valence electrons. The molecule has 7 nitrogen and oxygen atoms in total. The van der Waals surface area contributed by atoms with E-state index < -0.39 is 21.9 Å². The van der Waals surface area contributed by atoms with Gasteiger partial charge in [-0.2, -0.15) is 4.31 Å². The van der Waals surface area contributed by atoms with Gasteiger partial charge in [-0.1, -0.05) is 24.3 Å². The van der Waals surface area contributed by atoms with Crippen LogP contribution >= 0.6 is 0 Å². The molecule has 1 N–H and O–H groups in total. The third-order valence-corrected chi connectivity index (χ3v) is 6.85. The number of benzene rings is 2. The van der Waals surface area contributed by atoms with E-state index in [0.717, 1.165) is 11.8 Å². The number of nitrogens with zero attached hydrogens (tertiary/aromatic N) is 3. The van der Waals surface area contributed by atoms with Gasteiger partial charge in [-0.15, -0.1) is 0 Å². The Kier molecular flexibility index (Phi) is 7.06. The number of hydrogen-bond acceptors (Lipinski definition) is 5. The van der Waals surface area contributed by atoms with Crippen LogP contribution in [0.3, 0.4) is 0 Å². The van der Waals surface area contributed by atoms with Crippen LogP contribution in [0.5, 0.6) is 0 Å². The lowest BCUT2D eigenvalue weighted by Crippen LogP contribution is -2.53. The fraction of sp³-hybridized carbons (Fsp3) is 0.381. The van der Waals surface area contributed by atoms with Crippen LogP contribution < -0.4 is 4.90 Å². The molecule has 1 atom stereocenters. The van der Waals surface area contributed by atoms with Crippen LogP contribution in [0.1, 0.15) is 6.92 Å². The van der Waals surface area contributed by atoms with Crippen molar-refractivity contribution in [2.45, 2.75) is 17.9 Å². The van der Waals surface area contributed by atoms with Crippen LogP contribution in [0.25, 0.3) is 0 Å². The maximum absolute atomic E-state index is 13.4. The number of para-hydroxylation sites is 1. The first kappa shape index (κ1) is 22.2. The minimum Gasteiger partial charge on any atom is -0.392 e. The van der Waals surface area contributed by atoms with Gasteiger partial charge in [-0.3, -0.25) is 4.79 Å². The average molecular weight is 436 g/mol. The molecule has 30 heavy (non-hydrogen) atoms. The monoisotopic (exact) mass is 435 g/mol. The van der Waals surface area contributed by atoms with Gasteiger partial charge in [-0.05, 0) is 37.3 Å². The first-order valence-corrected chi connectivity index (χ1v) is 11.2. The molecule has 1 aliphatic heterocycles. The molecular weight excluding hydrogens is 409 g/mol. The fourth-order valence-corrected chi connectivity index (χ4v) is 4.89. The minimum atomic E-state index is -3.80. The molecule has 0 spiro atoms. The predicted molar refractivity (Wildman–Crippen MR) is 112 cm³/mol. The van der Waals surface area contributed by atoms with Gasteiger partial charge in [0.1, 0.15) is 5.82 Å². The molecule has 1 amide bonds. The van der Waals surface area contributed by atoms with E-state index >= 15 is 0 Å². The Labute approximate surface area is 176 Å². The quantitative estimate of drug-likeness (QED) is 0.714. The van der Waals surface area contributed by atoms with Crippen molar-refractivity contribution in [1.29, 1.82) is 0 Å². The predicted octanol–water partition coefficient (Wildman–Crippen LogP) is 1.55. The highest BCUT2D eigenvalue weighted by Crippen LogP contribution is 2.19. The number of anilines is 1. The van der Waals surface area contributed by atoms with Gasteiger partial charge in [0.15, 0.2) is 0 Å². The van der Waals surface area contributed by atoms with Crippen molar-refractivity contribution in [3.8, 4) is 0 Å². The topological polar surface area (TPSA) is 81.2 Å². The summed E-state index contributed by atoms with van der Waals surface area (Å²) in [6.07, 6.45) is -0.605. The molecule has 0 aromatic heterocycles. The maximum atomic E-state index is 13.4. The Hall–Kier alpha value is -2.49. The summed E-state index contributed by atoms with van der Waals surface area (Å²) in [7, 11) is -3.80. The van der Waals surface area contributed by atoms with Crippen molar-refractivity contribution >= 4 is 21.6 Å². The molecule has 1 fully saturated rings. The third-order valence-electron chi connectivity index (χ3n) is 4.96. The molecule has 9 heteroatoms. The number of hydrogen-bond donors (Lipinski definition) is 1. The van der Waals surface area contributed by atoms with Crippen LogP contribution in [-0.2, 0) is 14.8 Å². The third kappa shape index (κ3) is 5.35. The largest absolute Gasteiger partial charge is 0.392 e. The normalized spacial score (nSPS) is 16.3. The summed E-state index contributed by atoms with van der Waals surface area (Å²) in [4.78, 5) is 16.2. The minimum absolute atomic E-state index is 0.0885. The Bertz CT molecular complexity index is 961. The molecule has 0 radical (unpaired) electrons. The number of piperazine rings is 1. The van der Waals surface area contributed by atoms with Crippen LogP contribution in [0.2, 0.25) is 0 Å². The number of rotatable bonds is 7. The molecule has 2 aromatic rings. The Morgan fingerprint density at radius 1 is 1.10 bits per heavy atom. The van der Waals surface area contributed by atoms with Gasteiger partial charge in [0, 0.05) is 38.4 Å². The van der Waals surface area contributed by atoms with Crippen molar-refractivity contribution in [3.05, 3.63) is 60.4 Å². The summed E-state index contributed by atoms with van der Waals surface area (Å²) in [6.45, 7) is 2.86. The van der Waals surface area contributed by atoms with Gasteiger partial charge >= 0.3 is 0 Å². The number of carbonyl (C=O) groups excluding carboxylic acids is 1. The van der Waals surface area contributed by atoms with E-state index in [1.807, 2.05) is 35.2 Å². The van der Waals surface area contributed by atoms with E-state index in [2.05, 4.69) is 0 Å². The van der Waals surface area contributed by atoms with Crippen molar-refractivity contribution < 1.29 is 22.7 Å². The first-order chi connectivity index (χ1) is 14.3. The van der Waals surface area contributed by atoms with Crippen LogP contribution in [-0.4, -0.2) is 74.0 Å². The van der Waals surface area contributed by atoms with Gasteiger partial charge in [0.2, 0.25) is 15.9 Å². The fourth-order valence-electron chi connectivity index (χ4n) is 3.44. The SMILES string of the molecule is CC(O)CN(CC(=O)N1CCN(S(=O)(=O)c2cccc(F)c2)CC1)c1ccccc1. The van der Waals surface area contributed by atoms with Crippen molar-refractivity contribution in [3.63, 3.8) is 0 Å². The summed E-state index contributed by atoms with van der Waals surface area (Å²) in [5.74, 6) is -0.744. The van der Waals surface area contributed by atoms with Gasteiger partial charge in [0.25, 0.3) is 0 Å². The Balaban J connectivity index is 1.63. The van der Waals surface area contributed by atoms with Gasteiger partial charge < -0.3 is 14.9 Å². The lowest BCUT2D eigenvalue weighted by atomic mass is 10.2.